The van der Waals surface area contributed by atoms with Gasteiger partial charge in [0.05, 0.1) is 10.1 Å². The van der Waals surface area contributed by atoms with Crippen molar-refractivity contribution in [3.63, 3.8) is 0 Å². The van der Waals surface area contributed by atoms with Gasteiger partial charge in [0.2, 0.25) is 5.91 Å². The maximum Gasteiger partial charge on any atom is 0.230 e. The molecule has 2 N–H and O–H groups in total. The van der Waals surface area contributed by atoms with Gasteiger partial charge in [0.1, 0.15) is 0 Å². The highest BCUT2D eigenvalue weighted by Gasteiger charge is 2.24. The van der Waals surface area contributed by atoms with Crippen molar-refractivity contribution in [2.45, 2.75) is 56.5 Å². The Morgan fingerprint density at radius 1 is 1.60 bits per heavy atom. The maximum absolute atomic E-state index is 11.4. The van der Waals surface area contributed by atoms with E-state index in [1.54, 1.807) is 6.92 Å². The number of hydrogen-bond donors (Lipinski definition) is 1. The molecule has 1 aliphatic carbocycles. The minimum absolute atomic E-state index is 0.345. The van der Waals surface area contributed by atoms with E-state index in [0.29, 0.717) is 11.7 Å². The molecule has 0 saturated carbocycles. The topological polar surface area (TPSA) is 73.8 Å². The lowest BCUT2D eigenvalue weighted by Crippen LogP contribution is -2.23. The summed E-state index contributed by atoms with van der Waals surface area (Å²) in [4.78, 5) is 14.0. The molecule has 5 nitrogen and oxygen atoms in total. The molecule has 0 spiro atoms. The third kappa shape index (κ3) is 3.82. The summed E-state index contributed by atoms with van der Waals surface area (Å²) in [6, 6.07) is 2.28. The van der Waals surface area contributed by atoms with Gasteiger partial charge >= 0.3 is 0 Å². The lowest BCUT2D eigenvalue weighted by Gasteiger charge is -2.19. The number of hydrogen-bond acceptors (Lipinski definition) is 5. The summed E-state index contributed by atoms with van der Waals surface area (Å²) in [5.74, 6) is 1.30. The molecule has 0 radical (unpaired) electrons. The van der Waals surface area contributed by atoms with E-state index >= 15 is 0 Å². The number of nitrogens with two attached hydrogens (primary N) is 1. The van der Waals surface area contributed by atoms with E-state index in [1.165, 1.54) is 35.0 Å². The van der Waals surface area contributed by atoms with E-state index in [4.69, 9.17) is 5.73 Å². The number of carbonyl (C=O) groups is 1. The van der Waals surface area contributed by atoms with Crippen molar-refractivity contribution in [2.24, 2.45) is 11.7 Å². The molecule has 0 bridgehead atoms. The lowest BCUT2D eigenvalue weighted by atomic mass is 9.87. The summed E-state index contributed by atoms with van der Waals surface area (Å²) in [6.45, 7) is 8.50. The van der Waals surface area contributed by atoms with E-state index in [2.05, 4.69) is 29.8 Å². The molecule has 0 saturated heterocycles. The van der Waals surface area contributed by atoms with Crippen LogP contribution in [0.5, 0.6) is 0 Å². The first kappa shape index (κ1) is 18.2. The maximum atomic E-state index is 11.4. The SMILES string of the molecule is C=CCn1c(S[C@H](C)C(N)=O)nnc1-c1cc2c(s1)CC[C@@H](CC)C2. The van der Waals surface area contributed by atoms with Crippen molar-refractivity contribution in [1.82, 2.24) is 14.8 Å². The standard InChI is InChI=1S/C18H24N4OS2/c1-4-8-22-17(20-21-18(22)24-11(3)16(19)23)15-10-13-9-12(5-2)6-7-14(13)25-15/h4,10-12H,1,5-9H2,2-3H3,(H2,19,23)/t11-,12-/m1/s1. The number of allylic oxidation sites excluding steroid dienone is 1. The molecule has 1 amide bonds. The van der Waals surface area contributed by atoms with Crippen molar-refractivity contribution in [3.8, 4) is 10.7 Å². The number of thiophene rings is 1. The Morgan fingerprint density at radius 2 is 2.40 bits per heavy atom. The monoisotopic (exact) mass is 376 g/mol. The Hall–Kier alpha value is -1.60. The number of nitrogens with zero attached hydrogens (tertiary/aromatic N) is 3. The normalized spacial score (nSPS) is 17.9. The van der Waals surface area contributed by atoms with Crippen LogP contribution in [0.4, 0.5) is 0 Å². The summed E-state index contributed by atoms with van der Waals surface area (Å²) in [7, 11) is 0. The van der Waals surface area contributed by atoms with Gasteiger partial charge in [-0.25, -0.2) is 0 Å². The molecular weight excluding hydrogens is 352 g/mol. The van der Waals surface area contributed by atoms with Crippen LogP contribution in [-0.4, -0.2) is 25.9 Å². The first-order valence-corrected chi connectivity index (χ1v) is 10.3. The fourth-order valence-corrected chi connectivity index (χ4v) is 5.14. The van der Waals surface area contributed by atoms with Gasteiger partial charge in [-0.15, -0.1) is 28.1 Å². The number of primary amides is 1. The largest absolute Gasteiger partial charge is 0.369 e. The summed E-state index contributed by atoms with van der Waals surface area (Å²) in [6.07, 6.45) is 6.67. The van der Waals surface area contributed by atoms with Crippen molar-refractivity contribution in [3.05, 3.63) is 29.2 Å². The van der Waals surface area contributed by atoms with Gasteiger partial charge in [-0.1, -0.05) is 31.2 Å². The summed E-state index contributed by atoms with van der Waals surface area (Å²) >= 11 is 3.17. The van der Waals surface area contributed by atoms with Crippen LogP contribution >= 0.6 is 23.1 Å². The predicted octanol–water partition coefficient (Wildman–Crippen LogP) is 3.67. The number of amides is 1. The zero-order valence-electron chi connectivity index (χ0n) is 14.7. The van der Waals surface area contributed by atoms with Crippen LogP contribution in [0, 0.1) is 5.92 Å². The highest BCUT2D eigenvalue weighted by Crippen LogP contribution is 2.38. The van der Waals surface area contributed by atoms with E-state index < -0.39 is 0 Å². The van der Waals surface area contributed by atoms with Crippen molar-refractivity contribution in [2.75, 3.05) is 0 Å². The molecule has 3 rings (SSSR count). The zero-order chi connectivity index (χ0) is 18.0. The Balaban J connectivity index is 1.92. The third-order valence-electron chi connectivity index (χ3n) is 4.69. The van der Waals surface area contributed by atoms with Crippen LogP contribution in [0.1, 0.15) is 37.1 Å². The average Bonchev–Trinajstić information content (AvgIpc) is 3.18. The van der Waals surface area contributed by atoms with Crippen LogP contribution in [0.2, 0.25) is 0 Å². The Morgan fingerprint density at radius 3 is 3.08 bits per heavy atom. The minimum atomic E-state index is -0.350. The highest BCUT2D eigenvalue weighted by molar-refractivity contribution is 8.00. The first-order chi connectivity index (χ1) is 12.0. The second-order valence-corrected chi connectivity index (χ2v) is 8.89. The van der Waals surface area contributed by atoms with Crippen LogP contribution in [0.25, 0.3) is 10.7 Å². The lowest BCUT2D eigenvalue weighted by molar-refractivity contribution is -0.117. The van der Waals surface area contributed by atoms with Crippen LogP contribution in [-0.2, 0) is 24.2 Å². The molecule has 2 aromatic heterocycles. The number of aromatic nitrogens is 3. The van der Waals surface area contributed by atoms with E-state index in [0.717, 1.165) is 29.5 Å². The zero-order valence-corrected chi connectivity index (χ0v) is 16.3. The quantitative estimate of drug-likeness (QED) is 0.591. The van der Waals surface area contributed by atoms with E-state index in [1.807, 2.05) is 22.0 Å². The smallest absolute Gasteiger partial charge is 0.230 e. The fraction of sp³-hybridized carbons (Fsp3) is 0.500. The molecule has 2 heterocycles. The van der Waals surface area contributed by atoms with Crippen molar-refractivity contribution in [1.29, 1.82) is 0 Å². The van der Waals surface area contributed by atoms with Gasteiger partial charge in [0, 0.05) is 11.4 Å². The number of aryl methyl sites for hydroxylation is 1. The molecule has 134 valence electrons. The molecule has 25 heavy (non-hydrogen) atoms. The number of rotatable bonds is 7. The van der Waals surface area contributed by atoms with Crippen molar-refractivity contribution < 1.29 is 4.79 Å². The average molecular weight is 377 g/mol. The number of thioether (sulfide) groups is 1. The Bertz CT molecular complexity index is 780. The van der Waals surface area contributed by atoms with Crippen molar-refractivity contribution >= 4 is 29.0 Å². The van der Waals surface area contributed by atoms with E-state index in [9.17, 15) is 4.79 Å². The summed E-state index contributed by atoms with van der Waals surface area (Å²) < 4.78 is 2.02. The minimum Gasteiger partial charge on any atom is -0.369 e. The van der Waals surface area contributed by atoms with Gasteiger partial charge in [-0.05, 0) is 43.7 Å². The molecule has 7 heteroatoms. The van der Waals surface area contributed by atoms with Crippen LogP contribution < -0.4 is 5.73 Å². The van der Waals surface area contributed by atoms with Crippen LogP contribution in [0.15, 0.2) is 23.9 Å². The molecular formula is C18H24N4OS2. The molecule has 0 aromatic carbocycles. The van der Waals surface area contributed by atoms with Crippen LogP contribution in [0.3, 0.4) is 0 Å². The third-order valence-corrected chi connectivity index (χ3v) is 7.03. The summed E-state index contributed by atoms with van der Waals surface area (Å²) in [5, 5.41) is 9.06. The molecule has 2 atom stereocenters. The second kappa shape index (κ2) is 7.74. The van der Waals surface area contributed by atoms with E-state index in [-0.39, 0.29) is 11.2 Å². The van der Waals surface area contributed by atoms with Gasteiger partial charge in [0.25, 0.3) is 0 Å². The molecule has 0 unspecified atom stereocenters. The molecule has 0 aliphatic heterocycles. The Labute approximate surface area is 156 Å². The Kier molecular flexibility index (Phi) is 5.64. The molecule has 0 fully saturated rings. The molecule has 1 aliphatic rings. The van der Waals surface area contributed by atoms with Gasteiger partial charge in [-0.3, -0.25) is 9.36 Å². The van der Waals surface area contributed by atoms with Gasteiger partial charge in [0.15, 0.2) is 11.0 Å². The molecule has 2 aromatic rings. The fourth-order valence-electron chi connectivity index (χ4n) is 3.13. The number of fused-ring (bicyclic) bond motifs is 1. The number of carbonyl (C=O) groups excluding carboxylic acids is 1. The summed E-state index contributed by atoms with van der Waals surface area (Å²) in [5.41, 5.74) is 6.85. The highest BCUT2D eigenvalue weighted by atomic mass is 32.2. The predicted molar refractivity (Wildman–Crippen MR) is 104 cm³/mol. The van der Waals surface area contributed by atoms with Gasteiger partial charge in [-0.2, -0.15) is 0 Å². The second-order valence-electron chi connectivity index (χ2n) is 6.44. The first-order valence-electron chi connectivity index (χ1n) is 8.65. The van der Waals surface area contributed by atoms with Gasteiger partial charge < -0.3 is 5.73 Å².